The number of anilines is 3. The molecule has 11 rings (SSSR count). The van der Waals surface area contributed by atoms with E-state index in [1.807, 2.05) is 12.1 Å². The minimum Gasteiger partial charge on any atom is -0.455 e. The summed E-state index contributed by atoms with van der Waals surface area (Å²) in [5, 5.41) is 5.38. The zero-order valence-electron chi connectivity index (χ0n) is 31.5. The fraction of sp³-hybridized carbons (Fsp3) is 0. The predicted octanol–water partition coefficient (Wildman–Crippen LogP) is 14.8. The van der Waals surface area contributed by atoms with Crippen LogP contribution in [0.4, 0.5) is 17.1 Å². The molecular weight excluding hydrogens is 707 g/mol. The summed E-state index contributed by atoms with van der Waals surface area (Å²) in [5.41, 5.74) is 13.4. The Hall–Kier alpha value is -7.82. The molecule has 0 fully saturated rings. The number of hydrogen-bond acceptors (Lipinski definition) is 4. The van der Waals surface area contributed by atoms with Crippen molar-refractivity contribution >= 4 is 60.7 Å². The molecule has 2 aromatic heterocycles. The maximum Gasteiger partial charge on any atom is 0.160 e. The second kappa shape index (κ2) is 14.0. The third-order valence-corrected chi connectivity index (χ3v) is 11.1. The van der Waals surface area contributed by atoms with E-state index in [9.17, 15) is 0 Å². The summed E-state index contributed by atoms with van der Waals surface area (Å²) in [7, 11) is 0. The molecule has 0 unspecified atom stereocenters. The largest absolute Gasteiger partial charge is 0.455 e. The highest BCUT2D eigenvalue weighted by molar-refractivity contribution is 6.20. The van der Waals surface area contributed by atoms with Gasteiger partial charge in [-0.25, -0.2) is 9.97 Å². The van der Waals surface area contributed by atoms with Crippen LogP contribution < -0.4 is 4.90 Å². The molecule has 4 nitrogen and oxygen atoms in total. The highest BCUT2D eigenvalue weighted by atomic mass is 16.3. The third kappa shape index (κ3) is 5.87. The van der Waals surface area contributed by atoms with Gasteiger partial charge in [0.1, 0.15) is 11.2 Å². The van der Waals surface area contributed by atoms with Crippen LogP contribution in [0.3, 0.4) is 0 Å². The minimum atomic E-state index is 0.668. The van der Waals surface area contributed by atoms with Gasteiger partial charge >= 0.3 is 0 Å². The first-order valence-electron chi connectivity index (χ1n) is 19.6. The van der Waals surface area contributed by atoms with E-state index in [-0.39, 0.29) is 0 Å². The number of nitrogens with zero attached hydrogens (tertiary/aromatic N) is 3. The van der Waals surface area contributed by atoms with Gasteiger partial charge < -0.3 is 9.32 Å². The van der Waals surface area contributed by atoms with E-state index in [2.05, 4.69) is 205 Å². The molecule has 9 aromatic carbocycles. The predicted molar refractivity (Wildman–Crippen MR) is 241 cm³/mol. The second-order valence-corrected chi connectivity index (χ2v) is 14.6. The maximum atomic E-state index is 6.57. The number of furan rings is 1. The van der Waals surface area contributed by atoms with Gasteiger partial charge in [0.05, 0.1) is 11.2 Å². The van der Waals surface area contributed by atoms with Gasteiger partial charge in [-0.1, -0.05) is 146 Å². The first-order chi connectivity index (χ1) is 28.7. The lowest BCUT2D eigenvalue weighted by atomic mass is 9.99. The first-order valence-corrected chi connectivity index (χ1v) is 19.6. The summed E-state index contributed by atoms with van der Waals surface area (Å²) < 4.78 is 6.57. The summed E-state index contributed by atoms with van der Waals surface area (Å²) >= 11 is 0. The summed E-state index contributed by atoms with van der Waals surface area (Å²) in [6, 6.07) is 74.4. The molecule has 0 spiro atoms. The smallest absolute Gasteiger partial charge is 0.160 e. The first kappa shape index (κ1) is 33.5. The molecule has 11 aromatic rings. The molecule has 0 saturated heterocycles. The van der Waals surface area contributed by atoms with E-state index in [0.29, 0.717) is 5.82 Å². The summed E-state index contributed by atoms with van der Waals surface area (Å²) in [4.78, 5) is 12.8. The van der Waals surface area contributed by atoms with Crippen molar-refractivity contribution in [2.75, 3.05) is 4.90 Å². The van der Waals surface area contributed by atoms with Gasteiger partial charge in [-0.05, 0) is 94.4 Å². The molecule has 58 heavy (non-hydrogen) atoms. The van der Waals surface area contributed by atoms with E-state index in [0.717, 1.165) is 77.5 Å². The highest BCUT2D eigenvalue weighted by Crippen LogP contribution is 2.42. The van der Waals surface area contributed by atoms with E-state index < -0.39 is 0 Å². The zero-order chi connectivity index (χ0) is 38.4. The van der Waals surface area contributed by atoms with Gasteiger partial charge in [0.15, 0.2) is 5.82 Å². The Morgan fingerprint density at radius 2 is 0.897 bits per heavy atom. The van der Waals surface area contributed by atoms with Crippen LogP contribution in [0.1, 0.15) is 0 Å². The molecule has 0 aliphatic rings. The van der Waals surface area contributed by atoms with E-state index in [1.165, 1.54) is 22.3 Å². The van der Waals surface area contributed by atoms with Gasteiger partial charge in [0.25, 0.3) is 0 Å². The fourth-order valence-corrected chi connectivity index (χ4v) is 8.24. The van der Waals surface area contributed by atoms with Crippen molar-refractivity contribution in [2.24, 2.45) is 0 Å². The molecule has 0 aliphatic carbocycles. The molecule has 0 saturated carbocycles. The maximum absolute atomic E-state index is 6.57. The van der Waals surface area contributed by atoms with Crippen LogP contribution in [0.15, 0.2) is 217 Å². The van der Waals surface area contributed by atoms with Crippen LogP contribution in [-0.2, 0) is 0 Å². The van der Waals surface area contributed by atoms with Crippen molar-refractivity contribution in [3.63, 3.8) is 0 Å². The number of para-hydroxylation sites is 1. The molecule has 0 atom stereocenters. The van der Waals surface area contributed by atoms with Gasteiger partial charge in [-0.3, -0.25) is 0 Å². The Morgan fingerprint density at radius 1 is 0.362 bits per heavy atom. The number of aromatic nitrogens is 2. The summed E-state index contributed by atoms with van der Waals surface area (Å²) in [6.45, 7) is 0. The lowest BCUT2D eigenvalue weighted by Gasteiger charge is -2.26. The lowest BCUT2D eigenvalue weighted by Crippen LogP contribution is -2.10. The van der Waals surface area contributed by atoms with Crippen molar-refractivity contribution in [3.8, 4) is 44.9 Å². The van der Waals surface area contributed by atoms with Gasteiger partial charge in [0, 0.05) is 49.7 Å². The van der Waals surface area contributed by atoms with Crippen LogP contribution >= 0.6 is 0 Å². The van der Waals surface area contributed by atoms with Crippen LogP contribution in [0.5, 0.6) is 0 Å². The third-order valence-electron chi connectivity index (χ3n) is 11.1. The van der Waals surface area contributed by atoms with Crippen molar-refractivity contribution in [3.05, 3.63) is 212 Å². The lowest BCUT2D eigenvalue weighted by molar-refractivity contribution is 0.673. The molecule has 0 radical (unpaired) electrons. The average Bonchev–Trinajstić information content (AvgIpc) is 3.70. The van der Waals surface area contributed by atoms with Crippen LogP contribution in [-0.4, -0.2) is 9.97 Å². The molecule has 0 amide bonds. The zero-order valence-corrected chi connectivity index (χ0v) is 31.5. The molecule has 4 heteroatoms. The van der Waals surface area contributed by atoms with E-state index >= 15 is 0 Å². The van der Waals surface area contributed by atoms with Crippen molar-refractivity contribution < 1.29 is 4.42 Å². The highest BCUT2D eigenvalue weighted by Gasteiger charge is 2.20. The number of rotatable bonds is 7. The van der Waals surface area contributed by atoms with Crippen LogP contribution in [0.25, 0.3) is 88.5 Å². The van der Waals surface area contributed by atoms with Crippen LogP contribution in [0.2, 0.25) is 0 Å². The monoisotopic (exact) mass is 741 g/mol. The Bertz CT molecular complexity index is 3160. The SMILES string of the molecule is c1ccc(-c2ccc(N(c3ccc(-c4ccccc4)cc3)c3ccc(-c4nc(-c5cccc6oc7c8ccccc8ccc7c56)c5ccccc5n4)cc3)cc2)cc1. The van der Waals surface area contributed by atoms with E-state index in [4.69, 9.17) is 14.4 Å². The van der Waals surface area contributed by atoms with Crippen molar-refractivity contribution in [1.29, 1.82) is 0 Å². The number of hydrogen-bond donors (Lipinski definition) is 0. The minimum absolute atomic E-state index is 0.668. The normalized spacial score (nSPS) is 11.4. The Kier molecular flexibility index (Phi) is 8.11. The molecule has 272 valence electrons. The van der Waals surface area contributed by atoms with Crippen molar-refractivity contribution in [2.45, 2.75) is 0 Å². The average molecular weight is 742 g/mol. The topological polar surface area (TPSA) is 42.2 Å². The second-order valence-electron chi connectivity index (χ2n) is 14.6. The van der Waals surface area contributed by atoms with Gasteiger partial charge in [-0.15, -0.1) is 0 Å². The molecule has 0 aliphatic heterocycles. The summed E-state index contributed by atoms with van der Waals surface area (Å²) in [5.74, 6) is 0.668. The van der Waals surface area contributed by atoms with Crippen molar-refractivity contribution in [1.82, 2.24) is 9.97 Å². The van der Waals surface area contributed by atoms with E-state index in [1.54, 1.807) is 0 Å². The molecular formula is C54H35N3O. The van der Waals surface area contributed by atoms with Gasteiger partial charge in [-0.2, -0.15) is 0 Å². The molecule has 0 N–H and O–H groups in total. The van der Waals surface area contributed by atoms with Gasteiger partial charge in [0.2, 0.25) is 0 Å². The fourth-order valence-electron chi connectivity index (χ4n) is 8.24. The molecule has 2 heterocycles. The number of fused-ring (bicyclic) bond motifs is 6. The summed E-state index contributed by atoms with van der Waals surface area (Å²) in [6.07, 6.45) is 0. The Morgan fingerprint density at radius 3 is 1.53 bits per heavy atom. The van der Waals surface area contributed by atoms with Crippen LogP contribution in [0, 0.1) is 0 Å². The molecule has 0 bridgehead atoms. The standard InChI is InChI=1S/C54H35N3O/c1-3-12-36(13-4-1)38-22-29-42(30-23-38)57(43-31-24-39(25-32-43)37-14-5-2-6-15-37)44-33-26-41(27-34-44)54-55-49-20-10-9-18-46(49)52(56-54)47-19-11-21-50-51(47)48-35-28-40-16-7-8-17-45(40)53(48)58-50/h1-35H. The Balaban J connectivity index is 1.01. The number of benzene rings is 9. The Labute approximate surface area is 335 Å². The quantitative estimate of drug-likeness (QED) is 0.163.